The number of carbonyl (C=O) groups excluding carboxylic acids is 1. The van der Waals surface area contributed by atoms with E-state index in [2.05, 4.69) is 12.2 Å². The zero-order valence-electron chi connectivity index (χ0n) is 14.5. The van der Waals surface area contributed by atoms with Crippen LogP contribution in [0.1, 0.15) is 53.1 Å². The number of likely N-dealkylation sites (tertiary alicyclic amines) is 1. The van der Waals surface area contributed by atoms with Gasteiger partial charge in [0.25, 0.3) is 5.91 Å². The molecule has 3 rings (SSSR count). The lowest BCUT2D eigenvalue weighted by Gasteiger charge is -2.33. The van der Waals surface area contributed by atoms with Gasteiger partial charge < -0.3 is 10.2 Å². The fraction of sp³-hybridized carbons (Fsp3) is 0.632. The van der Waals surface area contributed by atoms with Crippen LogP contribution >= 0.6 is 0 Å². The summed E-state index contributed by atoms with van der Waals surface area (Å²) in [6.07, 6.45) is -2.05. The van der Waals surface area contributed by atoms with E-state index in [1.807, 2.05) is 12.1 Å². The highest BCUT2D eigenvalue weighted by atomic mass is 19.4. The molecule has 6 heteroatoms. The molecule has 0 saturated carbocycles. The van der Waals surface area contributed by atoms with Gasteiger partial charge in [0.15, 0.2) is 0 Å². The second-order valence-electron chi connectivity index (χ2n) is 7.20. The van der Waals surface area contributed by atoms with Crippen molar-refractivity contribution >= 4 is 5.91 Å². The minimum atomic E-state index is -4.15. The molecule has 25 heavy (non-hydrogen) atoms. The van der Waals surface area contributed by atoms with E-state index < -0.39 is 12.1 Å². The Morgan fingerprint density at radius 2 is 1.76 bits per heavy atom. The van der Waals surface area contributed by atoms with Crippen LogP contribution in [0.2, 0.25) is 0 Å². The minimum Gasteiger partial charge on any atom is -0.339 e. The number of rotatable bonds is 2. The first-order valence-electron chi connectivity index (χ1n) is 9.03. The Balaban J connectivity index is 1.70. The molecule has 0 radical (unpaired) electrons. The van der Waals surface area contributed by atoms with Gasteiger partial charge in [-0.05, 0) is 74.9 Å². The number of nitrogens with one attached hydrogen (secondary N) is 1. The van der Waals surface area contributed by atoms with Crippen molar-refractivity contribution in [2.45, 2.75) is 44.7 Å². The Morgan fingerprint density at radius 1 is 1.12 bits per heavy atom. The number of halogens is 3. The van der Waals surface area contributed by atoms with Crippen molar-refractivity contribution in [1.29, 1.82) is 0 Å². The van der Waals surface area contributed by atoms with Crippen LogP contribution in [-0.2, 0) is 0 Å². The zero-order chi connectivity index (χ0) is 18.0. The standard InChI is InChI=1S/C19H25F3N2O/c1-13-2-3-15(12-17(13)14-4-8-23-9-5-14)18(25)24-10-6-16(7-11-24)19(20,21)22/h2-3,12,14,16,23H,4-11H2,1H3. The fourth-order valence-electron chi connectivity index (χ4n) is 3.94. The Morgan fingerprint density at radius 3 is 2.36 bits per heavy atom. The van der Waals surface area contributed by atoms with E-state index in [4.69, 9.17) is 0 Å². The van der Waals surface area contributed by atoms with Crippen LogP contribution < -0.4 is 5.32 Å². The van der Waals surface area contributed by atoms with Gasteiger partial charge in [0.1, 0.15) is 0 Å². The van der Waals surface area contributed by atoms with Gasteiger partial charge in [-0.1, -0.05) is 6.07 Å². The highest BCUT2D eigenvalue weighted by Gasteiger charge is 2.41. The number of benzene rings is 1. The predicted octanol–water partition coefficient (Wildman–Crippen LogP) is 3.88. The van der Waals surface area contributed by atoms with Crippen molar-refractivity contribution in [3.05, 3.63) is 34.9 Å². The summed E-state index contributed by atoms with van der Waals surface area (Å²) in [7, 11) is 0. The summed E-state index contributed by atoms with van der Waals surface area (Å²) in [5.41, 5.74) is 2.99. The Bertz CT molecular complexity index is 616. The molecule has 138 valence electrons. The molecule has 2 fully saturated rings. The first-order chi connectivity index (χ1) is 11.9. The lowest BCUT2D eigenvalue weighted by atomic mass is 9.86. The topological polar surface area (TPSA) is 32.3 Å². The fourth-order valence-corrected chi connectivity index (χ4v) is 3.94. The van der Waals surface area contributed by atoms with E-state index in [1.165, 1.54) is 11.1 Å². The SMILES string of the molecule is Cc1ccc(C(=O)N2CCC(C(F)(F)F)CC2)cc1C1CCNCC1. The maximum atomic E-state index is 12.8. The largest absolute Gasteiger partial charge is 0.391 e. The van der Waals surface area contributed by atoms with Gasteiger partial charge in [-0.15, -0.1) is 0 Å². The minimum absolute atomic E-state index is 0.00224. The molecule has 2 saturated heterocycles. The maximum absolute atomic E-state index is 12.8. The van der Waals surface area contributed by atoms with Gasteiger partial charge in [0.05, 0.1) is 5.92 Å². The normalized spacial score (nSPS) is 20.7. The third-order valence-electron chi connectivity index (χ3n) is 5.55. The molecule has 0 spiro atoms. The van der Waals surface area contributed by atoms with E-state index in [9.17, 15) is 18.0 Å². The summed E-state index contributed by atoms with van der Waals surface area (Å²) in [4.78, 5) is 14.3. The first-order valence-corrected chi connectivity index (χ1v) is 9.03. The van der Waals surface area contributed by atoms with Crippen molar-refractivity contribution in [2.24, 2.45) is 5.92 Å². The number of nitrogens with zero attached hydrogens (tertiary/aromatic N) is 1. The first kappa shape index (κ1) is 18.2. The third-order valence-corrected chi connectivity index (χ3v) is 5.55. The van der Waals surface area contributed by atoms with Gasteiger partial charge in [0, 0.05) is 18.7 Å². The average molecular weight is 354 g/mol. The molecule has 0 bridgehead atoms. The Labute approximate surface area is 146 Å². The molecule has 2 aliphatic heterocycles. The van der Waals surface area contributed by atoms with E-state index >= 15 is 0 Å². The Kier molecular flexibility index (Phi) is 5.37. The highest BCUT2D eigenvalue weighted by Crippen LogP contribution is 2.35. The van der Waals surface area contributed by atoms with Crippen LogP contribution in [0.3, 0.4) is 0 Å². The summed E-state index contributed by atoms with van der Waals surface area (Å²) in [6, 6.07) is 5.73. The predicted molar refractivity (Wildman–Crippen MR) is 90.7 cm³/mol. The van der Waals surface area contributed by atoms with Gasteiger partial charge in [-0.25, -0.2) is 0 Å². The molecule has 3 nitrogen and oxygen atoms in total. The molecule has 2 aliphatic rings. The van der Waals surface area contributed by atoms with E-state index in [0.29, 0.717) is 11.5 Å². The van der Waals surface area contributed by atoms with E-state index in [0.717, 1.165) is 25.9 Å². The molecular formula is C19H25F3N2O. The van der Waals surface area contributed by atoms with Crippen LogP contribution in [0, 0.1) is 12.8 Å². The van der Waals surface area contributed by atoms with E-state index in [-0.39, 0.29) is 31.8 Å². The Hall–Kier alpha value is -1.56. The third kappa shape index (κ3) is 4.17. The van der Waals surface area contributed by atoms with Crippen molar-refractivity contribution < 1.29 is 18.0 Å². The number of alkyl halides is 3. The molecular weight excluding hydrogens is 329 g/mol. The van der Waals surface area contributed by atoms with Crippen molar-refractivity contribution in [3.8, 4) is 0 Å². The summed E-state index contributed by atoms with van der Waals surface area (Å²) in [5, 5.41) is 3.34. The van der Waals surface area contributed by atoms with Gasteiger partial charge in [-0.2, -0.15) is 13.2 Å². The van der Waals surface area contributed by atoms with Crippen molar-refractivity contribution in [2.75, 3.05) is 26.2 Å². The monoisotopic (exact) mass is 354 g/mol. The lowest BCUT2D eigenvalue weighted by Crippen LogP contribution is -2.42. The summed E-state index contributed by atoms with van der Waals surface area (Å²) in [6.45, 7) is 4.38. The van der Waals surface area contributed by atoms with Gasteiger partial charge in [0.2, 0.25) is 0 Å². The van der Waals surface area contributed by atoms with Crippen LogP contribution in [0.25, 0.3) is 0 Å². The summed E-state index contributed by atoms with van der Waals surface area (Å²) >= 11 is 0. The molecule has 0 unspecified atom stereocenters. The molecule has 0 aliphatic carbocycles. The molecule has 0 atom stereocenters. The van der Waals surface area contributed by atoms with Crippen LogP contribution in [-0.4, -0.2) is 43.2 Å². The number of piperidine rings is 2. The van der Waals surface area contributed by atoms with E-state index in [1.54, 1.807) is 11.0 Å². The average Bonchev–Trinajstić information content (AvgIpc) is 2.62. The van der Waals surface area contributed by atoms with Crippen molar-refractivity contribution in [1.82, 2.24) is 10.2 Å². The summed E-state index contributed by atoms with van der Waals surface area (Å²) in [5.74, 6) is -0.972. The zero-order valence-corrected chi connectivity index (χ0v) is 14.5. The van der Waals surface area contributed by atoms with Crippen LogP contribution in [0.4, 0.5) is 13.2 Å². The molecule has 1 aromatic rings. The number of hydrogen-bond donors (Lipinski definition) is 1. The molecule has 1 N–H and O–H groups in total. The lowest BCUT2D eigenvalue weighted by molar-refractivity contribution is -0.183. The molecule has 1 aromatic carbocycles. The maximum Gasteiger partial charge on any atom is 0.391 e. The smallest absolute Gasteiger partial charge is 0.339 e. The summed E-state index contributed by atoms with van der Waals surface area (Å²) < 4.78 is 38.4. The number of carbonyl (C=O) groups is 1. The molecule has 1 amide bonds. The number of amides is 1. The van der Waals surface area contributed by atoms with Crippen LogP contribution in [0.15, 0.2) is 18.2 Å². The van der Waals surface area contributed by atoms with Gasteiger partial charge in [-0.3, -0.25) is 4.79 Å². The molecule has 2 heterocycles. The number of hydrogen-bond acceptors (Lipinski definition) is 2. The van der Waals surface area contributed by atoms with Gasteiger partial charge >= 0.3 is 6.18 Å². The second-order valence-corrected chi connectivity index (χ2v) is 7.20. The van der Waals surface area contributed by atoms with Crippen molar-refractivity contribution in [3.63, 3.8) is 0 Å². The molecule has 0 aromatic heterocycles. The highest BCUT2D eigenvalue weighted by molar-refractivity contribution is 5.94. The second kappa shape index (κ2) is 7.36. The quantitative estimate of drug-likeness (QED) is 0.874. The number of aryl methyl sites for hydroxylation is 1. The van der Waals surface area contributed by atoms with Crippen LogP contribution in [0.5, 0.6) is 0 Å².